The Balaban J connectivity index is 2.07. The minimum Gasteiger partial charge on any atom is -0.368 e. The minimum absolute atomic E-state index is 0.00983. The molecule has 0 radical (unpaired) electrons. The molecule has 23 heavy (non-hydrogen) atoms. The van der Waals surface area contributed by atoms with Crippen LogP contribution in [0.2, 0.25) is 0 Å². The average molecular weight is 317 g/mol. The SMILES string of the molecule is CC(C)c1ccc2c(c1)C(NC(=O)NC(C(N)=O)C(C)C)CC2. The molecule has 2 unspecified atom stereocenters. The van der Waals surface area contributed by atoms with E-state index in [4.69, 9.17) is 5.73 Å². The third-order valence-electron chi connectivity index (χ3n) is 4.48. The van der Waals surface area contributed by atoms with Gasteiger partial charge in [0.25, 0.3) is 0 Å². The molecule has 0 spiro atoms. The summed E-state index contributed by atoms with van der Waals surface area (Å²) in [5.74, 6) is -0.0960. The number of benzene rings is 1. The van der Waals surface area contributed by atoms with E-state index < -0.39 is 11.9 Å². The van der Waals surface area contributed by atoms with Crippen molar-refractivity contribution in [3.05, 3.63) is 34.9 Å². The highest BCUT2D eigenvalue weighted by Gasteiger charge is 2.27. The smallest absolute Gasteiger partial charge is 0.315 e. The fourth-order valence-electron chi connectivity index (χ4n) is 3.04. The average Bonchev–Trinajstić information content (AvgIpc) is 2.86. The lowest BCUT2D eigenvalue weighted by Gasteiger charge is -2.22. The quantitative estimate of drug-likeness (QED) is 0.780. The van der Waals surface area contributed by atoms with E-state index in [0.717, 1.165) is 12.8 Å². The van der Waals surface area contributed by atoms with E-state index in [-0.39, 0.29) is 18.0 Å². The van der Waals surface area contributed by atoms with Crippen LogP contribution >= 0.6 is 0 Å². The summed E-state index contributed by atoms with van der Waals surface area (Å²) in [6.45, 7) is 8.03. The number of hydrogen-bond donors (Lipinski definition) is 3. The second kappa shape index (κ2) is 7.02. The molecule has 1 aromatic rings. The number of primary amides is 1. The molecule has 4 N–H and O–H groups in total. The van der Waals surface area contributed by atoms with Crippen molar-refractivity contribution in [1.29, 1.82) is 0 Å². The van der Waals surface area contributed by atoms with Gasteiger partial charge >= 0.3 is 6.03 Å². The van der Waals surface area contributed by atoms with Crippen molar-refractivity contribution in [2.75, 3.05) is 0 Å². The Morgan fingerprint density at radius 2 is 1.91 bits per heavy atom. The zero-order valence-corrected chi connectivity index (χ0v) is 14.3. The summed E-state index contributed by atoms with van der Waals surface area (Å²) in [7, 11) is 0. The molecule has 1 aliphatic rings. The fraction of sp³-hybridized carbons (Fsp3) is 0.556. The molecule has 5 heteroatoms. The monoisotopic (exact) mass is 317 g/mol. The van der Waals surface area contributed by atoms with Gasteiger partial charge in [0.05, 0.1) is 6.04 Å². The van der Waals surface area contributed by atoms with Gasteiger partial charge in [-0.15, -0.1) is 0 Å². The summed E-state index contributed by atoms with van der Waals surface area (Å²) in [5.41, 5.74) is 9.09. The first-order chi connectivity index (χ1) is 10.8. The van der Waals surface area contributed by atoms with Gasteiger partial charge < -0.3 is 16.4 Å². The van der Waals surface area contributed by atoms with Crippen LogP contribution in [0.15, 0.2) is 18.2 Å². The molecule has 0 fully saturated rings. The number of rotatable bonds is 5. The van der Waals surface area contributed by atoms with Crippen LogP contribution in [-0.2, 0) is 11.2 Å². The summed E-state index contributed by atoms with van der Waals surface area (Å²) in [5, 5.41) is 5.67. The van der Waals surface area contributed by atoms with Crippen molar-refractivity contribution in [1.82, 2.24) is 10.6 Å². The molecule has 0 saturated carbocycles. The number of fused-ring (bicyclic) bond motifs is 1. The molecule has 0 heterocycles. The van der Waals surface area contributed by atoms with Crippen molar-refractivity contribution >= 4 is 11.9 Å². The molecule has 0 aliphatic heterocycles. The standard InChI is InChI=1S/C18H27N3O2/c1-10(2)13-6-5-12-7-8-15(14(12)9-13)20-18(23)21-16(11(3)4)17(19)22/h5-6,9-11,15-16H,7-8H2,1-4H3,(H2,19,22)(H2,20,21,23). The van der Waals surface area contributed by atoms with Gasteiger partial charge in [-0.25, -0.2) is 4.79 Å². The summed E-state index contributed by atoms with van der Waals surface area (Å²) >= 11 is 0. The Labute approximate surface area is 138 Å². The highest BCUT2D eigenvalue weighted by Crippen LogP contribution is 2.33. The molecule has 2 atom stereocenters. The second-order valence-electron chi connectivity index (χ2n) is 6.95. The predicted octanol–water partition coefficient (Wildman–Crippen LogP) is 2.61. The van der Waals surface area contributed by atoms with Crippen LogP contribution in [0, 0.1) is 5.92 Å². The Morgan fingerprint density at radius 3 is 2.48 bits per heavy atom. The Kier molecular flexibility index (Phi) is 5.29. The first kappa shape index (κ1) is 17.3. The van der Waals surface area contributed by atoms with Crippen LogP contribution < -0.4 is 16.4 Å². The molecule has 0 bridgehead atoms. The zero-order valence-electron chi connectivity index (χ0n) is 14.3. The summed E-state index contributed by atoms with van der Waals surface area (Å²) < 4.78 is 0. The minimum atomic E-state index is -0.655. The number of hydrogen-bond acceptors (Lipinski definition) is 2. The summed E-state index contributed by atoms with van der Waals surface area (Å²) in [4.78, 5) is 23.6. The number of urea groups is 1. The van der Waals surface area contributed by atoms with Crippen molar-refractivity contribution in [3.63, 3.8) is 0 Å². The van der Waals surface area contributed by atoms with E-state index in [9.17, 15) is 9.59 Å². The normalized spacial score (nSPS) is 17.9. The van der Waals surface area contributed by atoms with Crippen molar-refractivity contribution in [2.45, 2.75) is 58.5 Å². The Hall–Kier alpha value is -2.04. The molecular formula is C18H27N3O2. The van der Waals surface area contributed by atoms with Gasteiger partial charge in [-0.2, -0.15) is 0 Å². The molecule has 1 aliphatic carbocycles. The summed E-state index contributed by atoms with van der Waals surface area (Å²) in [6.07, 6.45) is 1.84. The van der Waals surface area contributed by atoms with Crippen LogP contribution in [0.25, 0.3) is 0 Å². The van der Waals surface area contributed by atoms with Gasteiger partial charge in [-0.3, -0.25) is 4.79 Å². The summed E-state index contributed by atoms with van der Waals surface area (Å²) in [6, 6.07) is 5.50. The molecular weight excluding hydrogens is 290 g/mol. The third kappa shape index (κ3) is 4.03. The van der Waals surface area contributed by atoms with Crippen molar-refractivity contribution in [3.8, 4) is 0 Å². The van der Waals surface area contributed by atoms with Gasteiger partial charge in [0.1, 0.15) is 6.04 Å². The van der Waals surface area contributed by atoms with E-state index in [1.165, 1.54) is 16.7 Å². The topological polar surface area (TPSA) is 84.2 Å². The predicted molar refractivity (Wildman–Crippen MR) is 91.1 cm³/mol. The van der Waals surface area contributed by atoms with Crippen LogP contribution in [0.3, 0.4) is 0 Å². The van der Waals surface area contributed by atoms with Gasteiger partial charge in [0, 0.05) is 0 Å². The van der Waals surface area contributed by atoms with Gasteiger partial charge in [-0.05, 0) is 41.4 Å². The lowest BCUT2D eigenvalue weighted by atomic mass is 9.97. The fourth-order valence-corrected chi connectivity index (χ4v) is 3.04. The van der Waals surface area contributed by atoms with E-state index in [1.807, 2.05) is 13.8 Å². The van der Waals surface area contributed by atoms with Crippen molar-refractivity contribution in [2.24, 2.45) is 11.7 Å². The highest BCUT2D eigenvalue weighted by atomic mass is 16.2. The zero-order chi connectivity index (χ0) is 17.1. The third-order valence-corrected chi connectivity index (χ3v) is 4.48. The van der Waals surface area contributed by atoms with Crippen molar-refractivity contribution < 1.29 is 9.59 Å². The molecule has 0 saturated heterocycles. The van der Waals surface area contributed by atoms with Crippen LogP contribution in [-0.4, -0.2) is 18.0 Å². The molecule has 0 aromatic heterocycles. The Bertz CT molecular complexity index is 596. The maximum atomic E-state index is 12.2. The largest absolute Gasteiger partial charge is 0.368 e. The maximum Gasteiger partial charge on any atom is 0.315 e. The lowest BCUT2D eigenvalue weighted by molar-refractivity contribution is -0.120. The molecule has 2 rings (SSSR count). The first-order valence-electron chi connectivity index (χ1n) is 8.28. The highest BCUT2D eigenvalue weighted by molar-refractivity contribution is 5.86. The molecule has 1 aromatic carbocycles. The van der Waals surface area contributed by atoms with Gasteiger partial charge in [0.15, 0.2) is 0 Å². The van der Waals surface area contributed by atoms with Gasteiger partial charge in [-0.1, -0.05) is 45.9 Å². The van der Waals surface area contributed by atoms with Crippen LogP contribution in [0.1, 0.15) is 62.8 Å². The lowest BCUT2D eigenvalue weighted by Crippen LogP contribution is -2.51. The second-order valence-corrected chi connectivity index (χ2v) is 6.95. The maximum absolute atomic E-state index is 12.2. The number of aryl methyl sites for hydroxylation is 1. The number of amides is 3. The first-order valence-corrected chi connectivity index (χ1v) is 8.28. The van der Waals surface area contributed by atoms with E-state index in [1.54, 1.807) is 0 Å². The van der Waals surface area contributed by atoms with E-state index >= 15 is 0 Å². The molecule has 3 amide bonds. The van der Waals surface area contributed by atoms with Crippen LogP contribution in [0.5, 0.6) is 0 Å². The van der Waals surface area contributed by atoms with Crippen LogP contribution in [0.4, 0.5) is 4.79 Å². The number of carbonyl (C=O) groups is 2. The van der Waals surface area contributed by atoms with E-state index in [2.05, 4.69) is 42.7 Å². The number of nitrogens with one attached hydrogen (secondary N) is 2. The number of carbonyl (C=O) groups excluding carboxylic acids is 2. The molecule has 5 nitrogen and oxygen atoms in total. The molecule has 126 valence electrons. The number of nitrogens with two attached hydrogens (primary N) is 1. The van der Waals surface area contributed by atoms with E-state index in [0.29, 0.717) is 5.92 Å². The van der Waals surface area contributed by atoms with Gasteiger partial charge in [0.2, 0.25) is 5.91 Å². The Morgan fingerprint density at radius 1 is 1.22 bits per heavy atom.